The van der Waals surface area contributed by atoms with Crippen molar-refractivity contribution < 1.29 is 14.3 Å². The number of rotatable bonds is 4. The van der Waals surface area contributed by atoms with E-state index in [1.54, 1.807) is 0 Å². The molecule has 0 aromatic carbocycles. The summed E-state index contributed by atoms with van der Waals surface area (Å²) in [6.07, 6.45) is 0.786. The molecule has 0 spiro atoms. The molecule has 1 aliphatic heterocycles. The minimum Gasteiger partial charge on any atom is -0.362 e. The van der Waals surface area contributed by atoms with Crippen molar-refractivity contribution in [2.45, 2.75) is 6.42 Å². The van der Waals surface area contributed by atoms with Gasteiger partial charge in [0.05, 0.1) is 0 Å². The number of ether oxygens (including phenoxy) is 1. The summed E-state index contributed by atoms with van der Waals surface area (Å²) in [5.74, 6) is -0.459. The van der Waals surface area contributed by atoms with Crippen molar-refractivity contribution in [3.63, 3.8) is 0 Å². The average molecular weight is 186 g/mol. The average Bonchev–Trinajstić information content (AvgIpc) is 2.10. The molecule has 0 bridgehead atoms. The first kappa shape index (κ1) is 10.1. The molecule has 74 valence electrons. The number of morpholine rings is 1. The van der Waals surface area contributed by atoms with Gasteiger partial charge >= 0.3 is 0 Å². The summed E-state index contributed by atoms with van der Waals surface area (Å²) in [4.78, 5) is 23.6. The van der Waals surface area contributed by atoms with Crippen LogP contribution < -0.4 is 5.32 Å². The molecule has 0 saturated carbocycles. The number of hydrogen-bond donors (Lipinski definition) is 1. The van der Waals surface area contributed by atoms with Crippen molar-refractivity contribution in [3.05, 3.63) is 0 Å². The fourth-order valence-corrected chi connectivity index (χ4v) is 1.18. The molecule has 1 fully saturated rings. The highest BCUT2D eigenvalue weighted by Crippen LogP contribution is 2.01. The van der Waals surface area contributed by atoms with Crippen LogP contribution in [0.3, 0.4) is 0 Å². The molecule has 5 heteroatoms. The summed E-state index contributed by atoms with van der Waals surface area (Å²) < 4.78 is 4.77. The number of imide groups is 1. The summed E-state index contributed by atoms with van der Waals surface area (Å²) in [6, 6.07) is 0. The predicted molar refractivity (Wildman–Crippen MR) is 46.1 cm³/mol. The molecule has 1 rings (SSSR count). The van der Waals surface area contributed by atoms with E-state index in [-0.39, 0.29) is 25.0 Å². The maximum atomic E-state index is 11.2. The van der Waals surface area contributed by atoms with E-state index in [4.69, 9.17) is 4.74 Å². The lowest BCUT2D eigenvalue weighted by Gasteiger charge is -2.24. The van der Waals surface area contributed by atoms with Crippen LogP contribution in [0.4, 0.5) is 0 Å². The molecule has 1 N–H and O–H groups in total. The van der Waals surface area contributed by atoms with E-state index in [9.17, 15) is 9.59 Å². The Balaban J connectivity index is 2.35. The highest BCUT2D eigenvalue weighted by atomic mass is 16.5. The minimum absolute atomic E-state index is 0.0330. The molecule has 5 nitrogen and oxygen atoms in total. The largest absolute Gasteiger partial charge is 0.362 e. The molecule has 2 amide bonds. The van der Waals surface area contributed by atoms with Crippen molar-refractivity contribution in [1.82, 2.24) is 10.2 Å². The topological polar surface area (TPSA) is 58.6 Å². The summed E-state index contributed by atoms with van der Waals surface area (Å²) in [5, 5.41) is 2.96. The second-order valence-electron chi connectivity index (χ2n) is 2.89. The maximum absolute atomic E-state index is 11.2. The van der Waals surface area contributed by atoms with Crippen LogP contribution in [0.5, 0.6) is 0 Å². The van der Waals surface area contributed by atoms with Crippen molar-refractivity contribution in [1.29, 1.82) is 0 Å². The zero-order valence-corrected chi connectivity index (χ0v) is 7.71. The summed E-state index contributed by atoms with van der Waals surface area (Å²) in [5.41, 5.74) is 0. The van der Waals surface area contributed by atoms with Crippen molar-refractivity contribution >= 4 is 11.8 Å². The van der Waals surface area contributed by atoms with Gasteiger partial charge in [0.2, 0.25) is 0 Å². The number of carbonyl (C=O) groups excluding carboxylic acids is 2. The van der Waals surface area contributed by atoms with Gasteiger partial charge < -0.3 is 10.1 Å². The van der Waals surface area contributed by atoms with Crippen LogP contribution in [0.1, 0.15) is 6.42 Å². The van der Waals surface area contributed by atoms with E-state index in [1.165, 1.54) is 4.90 Å². The number of amides is 2. The Bertz CT molecular complexity index is 190. The Morgan fingerprint density at radius 3 is 2.54 bits per heavy atom. The molecule has 0 aliphatic carbocycles. The van der Waals surface area contributed by atoms with E-state index >= 15 is 0 Å². The predicted octanol–water partition coefficient (Wildman–Crippen LogP) is -1.02. The maximum Gasteiger partial charge on any atom is 0.255 e. The molecule has 13 heavy (non-hydrogen) atoms. The third-order valence-corrected chi connectivity index (χ3v) is 1.86. The lowest BCUT2D eigenvalue weighted by atomic mass is 10.3. The Kier molecular flexibility index (Phi) is 3.85. The van der Waals surface area contributed by atoms with Crippen LogP contribution in [0, 0.1) is 0 Å². The van der Waals surface area contributed by atoms with Crippen LogP contribution in [0.2, 0.25) is 0 Å². The molecule has 1 aliphatic rings. The van der Waals surface area contributed by atoms with Gasteiger partial charge in [0, 0.05) is 6.54 Å². The zero-order valence-electron chi connectivity index (χ0n) is 7.71. The molecule has 0 unspecified atom stereocenters. The van der Waals surface area contributed by atoms with Crippen LogP contribution in [0.25, 0.3) is 0 Å². The Labute approximate surface area is 77.0 Å². The number of carbonyl (C=O) groups is 2. The molecule has 1 heterocycles. The van der Waals surface area contributed by atoms with Gasteiger partial charge in [-0.1, -0.05) is 0 Å². The lowest BCUT2D eigenvalue weighted by molar-refractivity contribution is -0.158. The SMILES string of the molecule is CNCCCN1C(=O)COCC1=O. The van der Waals surface area contributed by atoms with E-state index in [2.05, 4.69) is 5.32 Å². The molecular formula is C8H14N2O3. The minimum atomic E-state index is -0.229. The quantitative estimate of drug-likeness (QED) is 0.451. The Morgan fingerprint density at radius 2 is 2.00 bits per heavy atom. The van der Waals surface area contributed by atoms with Crippen LogP contribution in [-0.4, -0.2) is 50.1 Å². The van der Waals surface area contributed by atoms with E-state index in [0.29, 0.717) is 6.54 Å². The van der Waals surface area contributed by atoms with Crippen LogP contribution in [-0.2, 0) is 14.3 Å². The smallest absolute Gasteiger partial charge is 0.255 e. The molecule has 0 aromatic rings. The summed E-state index contributed by atoms with van der Waals surface area (Å²) >= 11 is 0. The first-order valence-corrected chi connectivity index (χ1v) is 4.31. The second kappa shape index (κ2) is 4.94. The van der Waals surface area contributed by atoms with E-state index < -0.39 is 0 Å². The molecule has 0 aromatic heterocycles. The first-order valence-electron chi connectivity index (χ1n) is 4.31. The van der Waals surface area contributed by atoms with Gasteiger partial charge in [0.1, 0.15) is 13.2 Å². The third kappa shape index (κ3) is 2.78. The lowest BCUT2D eigenvalue weighted by Crippen LogP contribution is -2.46. The molecule has 1 saturated heterocycles. The fourth-order valence-electron chi connectivity index (χ4n) is 1.18. The van der Waals surface area contributed by atoms with Crippen LogP contribution >= 0.6 is 0 Å². The monoisotopic (exact) mass is 186 g/mol. The van der Waals surface area contributed by atoms with Crippen molar-refractivity contribution in [2.75, 3.05) is 33.4 Å². The highest BCUT2D eigenvalue weighted by Gasteiger charge is 2.25. The fraction of sp³-hybridized carbons (Fsp3) is 0.750. The second-order valence-corrected chi connectivity index (χ2v) is 2.89. The Morgan fingerprint density at radius 1 is 1.38 bits per heavy atom. The van der Waals surface area contributed by atoms with Gasteiger partial charge in [-0.05, 0) is 20.0 Å². The molecule has 0 radical (unpaired) electrons. The number of nitrogens with one attached hydrogen (secondary N) is 1. The number of nitrogens with zero attached hydrogens (tertiary/aromatic N) is 1. The first-order chi connectivity index (χ1) is 6.25. The van der Waals surface area contributed by atoms with E-state index in [1.807, 2.05) is 7.05 Å². The van der Waals surface area contributed by atoms with Crippen molar-refractivity contribution in [2.24, 2.45) is 0 Å². The zero-order chi connectivity index (χ0) is 9.68. The Hall–Kier alpha value is -0.940. The summed E-state index contributed by atoms with van der Waals surface area (Å²) in [7, 11) is 1.84. The normalized spacial score (nSPS) is 18.1. The third-order valence-electron chi connectivity index (χ3n) is 1.86. The van der Waals surface area contributed by atoms with Gasteiger partial charge in [0.15, 0.2) is 0 Å². The van der Waals surface area contributed by atoms with Crippen molar-refractivity contribution in [3.8, 4) is 0 Å². The highest BCUT2D eigenvalue weighted by molar-refractivity contribution is 5.98. The molecule has 0 atom stereocenters. The summed E-state index contributed by atoms with van der Waals surface area (Å²) in [6.45, 7) is 1.36. The van der Waals surface area contributed by atoms with Gasteiger partial charge in [-0.2, -0.15) is 0 Å². The van der Waals surface area contributed by atoms with Gasteiger partial charge in [-0.15, -0.1) is 0 Å². The van der Waals surface area contributed by atoms with Gasteiger partial charge in [-0.25, -0.2) is 0 Å². The molecular weight excluding hydrogens is 172 g/mol. The van der Waals surface area contributed by atoms with Gasteiger partial charge in [-0.3, -0.25) is 14.5 Å². The van der Waals surface area contributed by atoms with Gasteiger partial charge in [0.25, 0.3) is 11.8 Å². The van der Waals surface area contributed by atoms with Crippen LogP contribution in [0.15, 0.2) is 0 Å². The van der Waals surface area contributed by atoms with E-state index in [0.717, 1.165) is 13.0 Å². The number of hydrogen-bond acceptors (Lipinski definition) is 4. The standard InChI is InChI=1S/C8H14N2O3/c1-9-3-2-4-10-7(11)5-13-6-8(10)12/h9H,2-6H2,1H3.